The van der Waals surface area contributed by atoms with Gasteiger partial charge in [-0.1, -0.05) is 6.92 Å². The Bertz CT molecular complexity index is 281. The minimum absolute atomic E-state index is 0.215. The highest BCUT2D eigenvalue weighted by molar-refractivity contribution is 7.89. The molecule has 0 radical (unpaired) electrons. The molecule has 6 heteroatoms. The number of nitrogens with zero attached hydrogens (tertiary/aromatic N) is 2. The zero-order valence-electron chi connectivity index (χ0n) is 11.2. The van der Waals surface area contributed by atoms with Crippen LogP contribution in [-0.4, -0.2) is 63.0 Å². The van der Waals surface area contributed by atoms with Crippen LogP contribution < -0.4 is 0 Å². The standard InChI is InChI=1S/C11H25ClN2O2S/c1-4-8-14(10-9-13(2)3)17(15,16)11-6-5-7-12/h4-11H2,1-3H3. The third-order valence-electron chi connectivity index (χ3n) is 2.45. The lowest BCUT2D eigenvalue weighted by Crippen LogP contribution is -2.38. The lowest BCUT2D eigenvalue weighted by atomic mass is 10.4. The van der Waals surface area contributed by atoms with Crippen molar-refractivity contribution in [3.63, 3.8) is 0 Å². The van der Waals surface area contributed by atoms with Gasteiger partial charge in [-0.05, 0) is 33.4 Å². The zero-order chi connectivity index (χ0) is 13.3. The van der Waals surface area contributed by atoms with Crippen LogP contribution in [0.3, 0.4) is 0 Å². The van der Waals surface area contributed by atoms with Crippen molar-refractivity contribution in [1.29, 1.82) is 0 Å². The maximum atomic E-state index is 12.1. The average molecular weight is 285 g/mol. The molecule has 0 saturated carbocycles. The van der Waals surface area contributed by atoms with Crippen LogP contribution in [0.2, 0.25) is 0 Å². The second-order valence-electron chi connectivity index (χ2n) is 4.41. The number of halogens is 1. The molecule has 0 aliphatic carbocycles. The second kappa shape index (κ2) is 9.14. The molecule has 0 amide bonds. The molecule has 0 aromatic heterocycles. The van der Waals surface area contributed by atoms with Gasteiger partial charge in [0.25, 0.3) is 0 Å². The van der Waals surface area contributed by atoms with E-state index in [0.717, 1.165) is 19.4 Å². The highest BCUT2D eigenvalue weighted by Crippen LogP contribution is 2.06. The molecule has 0 aliphatic heterocycles. The minimum atomic E-state index is -3.10. The predicted octanol–water partition coefficient (Wildman–Crippen LogP) is 1.61. The highest BCUT2D eigenvalue weighted by Gasteiger charge is 2.20. The highest BCUT2D eigenvalue weighted by atomic mass is 35.5. The largest absolute Gasteiger partial charge is 0.308 e. The maximum Gasteiger partial charge on any atom is 0.214 e. The average Bonchev–Trinajstić information content (AvgIpc) is 2.23. The van der Waals surface area contributed by atoms with Gasteiger partial charge in [0.15, 0.2) is 0 Å². The fourth-order valence-electron chi connectivity index (χ4n) is 1.46. The number of hydrogen-bond donors (Lipinski definition) is 0. The minimum Gasteiger partial charge on any atom is -0.308 e. The van der Waals surface area contributed by atoms with Crippen LogP contribution in [0.15, 0.2) is 0 Å². The third kappa shape index (κ3) is 7.97. The van der Waals surface area contributed by atoms with Gasteiger partial charge in [-0.3, -0.25) is 0 Å². The van der Waals surface area contributed by atoms with E-state index in [1.807, 2.05) is 25.9 Å². The van der Waals surface area contributed by atoms with E-state index in [1.165, 1.54) is 0 Å². The molecule has 0 fully saturated rings. The first-order valence-corrected chi connectivity index (χ1v) is 8.27. The molecular formula is C11H25ClN2O2S. The normalized spacial score (nSPS) is 12.6. The maximum absolute atomic E-state index is 12.1. The van der Waals surface area contributed by atoms with Crippen molar-refractivity contribution in [2.24, 2.45) is 0 Å². The molecule has 0 atom stereocenters. The van der Waals surface area contributed by atoms with E-state index in [-0.39, 0.29) is 5.75 Å². The molecule has 0 aromatic carbocycles. The van der Waals surface area contributed by atoms with Crippen LogP contribution in [-0.2, 0) is 10.0 Å². The number of rotatable bonds is 10. The summed E-state index contributed by atoms with van der Waals surface area (Å²) in [6, 6.07) is 0. The summed E-state index contributed by atoms with van der Waals surface area (Å²) < 4.78 is 25.7. The first kappa shape index (κ1) is 17.2. The Labute approximate surface area is 111 Å². The Morgan fingerprint density at radius 3 is 2.18 bits per heavy atom. The summed E-state index contributed by atoms with van der Waals surface area (Å²) in [6.07, 6.45) is 2.25. The number of likely N-dealkylation sites (N-methyl/N-ethyl adjacent to an activating group) is 1. The topological polar surface area (TPSA) is 40.6 Å². The van der Waals surface area contributed by atoms with Gasteiger partial charge in [0.05, 0.1) is 5.75 Å². The first-order valence-electron chi connectivity index (χ1n) is 6.12. The summed E-state index contributed by atoms with van der Waals surface area (Å²) in [6.45, 7) is 3.94. The lowest BCUT2D eigenvalue weighted by Gasteiger charge is -2.23. The molecule has 0 N–H and O–H groups in total. The summed E-state index contributed by atoms with van der Waals surface area (Å²) in [5.41, 5.74) is 0. The van der Waals surface area contributed by atoms with Gasteiger partial charge in [0.1, 0.15) is 0 Å². The molecule has 0 unspecified atom stereocenters. The van der Waals surface area contributed by atoms with E-state index in [1.54, 1.807) is 4.31 Å². The van der Waals surface area contributed by atoms with Gasteiger partial charge in [-0.2, -0.15) is 0 Å². The summed E-state index contributed by atoms with van der Waals surface area (Å²) in [5.74, 6) is 0.744. The molecule has 17 heavy (non-hydrogen) atoms. The first-order chi connectivity index (χ1) is 7.94. The van der Waals surface area contributed by atoms with Crippen LogP contribution in [0.5, 0.6) is 0 Å². The van der Waals surface area contributed by atoms with E-state index in [4.69, 9.17) is 11.6 Å². The van der Waals surface area contributed by atoms with E-state index in [2.05, 4.69) is 0 Å². The molecule has 0 aromatic rings. The fraction of sp³-hybridized carbons (Fsp3) is 1.00. The van der Waals surface area contributed by atoms with Crippen molar-refractivity contribution in [2.75, 3.05) is 45.4 Å². The van der Waals surface area contributed by atoms with Crippen molar-refractivity contribution in [2.45, 2.75) is 26.2 Å². The monoisotopic (exact) mass is 284 g/mol. The molecule has 0 saturated heterocycles. The van der Waals surface area contributed by atoms with E-state index < -0.39 is 10.0 Å². The van der Waals surface area contributed by atoms with Gasteiger partial charge >= 0.3 is 0 Å². The number of unbranched alkanes of at least 4 members (excludes halogenated alkanes) is 1. The molecule has 0 aliphatic rings. The lowest BCUT2D eigenvalue weighted by molar-refractivity contribution is 0.332. The molecule has 0 spiro atoms. The van der Waals surface area contributed by atoms with Crippen LogP contribution in [0, 0.1) is 0 Å². The predicted molar refractivity (Wildman–Crippen MR) is 74.2 cm³/mol. The van der Waals surface area contributed by atoms with Crippen molar-refractivity contribution in [3.8, 4) is 0 Å². The second-order valence-corrected chi connectivity index (χ2v) is 6.88. The fourth-order valence-corrected chi connectivity index (χ4v) is 3.30. The Morgan fingerprint density at radius 2 is 1.71 bits per heavy atom. The number of hydrogen-bond acceptors (Lipinski definition) is 3. The van der Waals surface area contributed by atoms with Crippen molar-refractivity contribution >= 4 is 21.6 Å². The van der Waals surface area contributed by atoms with Gasteiger partial charge < -0.3 is 4.90 Å². The Hall–Kier alpha value is 0.160. The SMILES string of the molecule is CCCN(CCN(C)C)S(=O)(=O)CCCCCl. The van der Waals surface area contributed by atoms with Crippen LogP contribution in [0.1, 0.15) is 26.2 Å². The van der Waals surface area contributed by atoms with E-state index >= 15 is 0 Å². The molecule has 104 valence electrons. The van der Waals surface area contributed by atoms with Gasteiger partial charge in [-0.15, -0.1) is 11.6 Å². The van der Waals surface area contributed by atoms with Crippen LogP contribution >= 0.6 is 11.6 Å². The number of alkyl halides is 1. The molecule has 0 heterocycles. The Morgan fingerprint density at radius 1 is 1.06 bits per heavy atom. The molecule has 0 bridgehead atoms. The van der Waals surface area contributed by atoms with Gasteiger partial charge in [0.2, 0.25) is 10.0 Å². The zero-order valence-corrected chi connectivity index (χ0v) is 12.7. The molecule has 4 nitrogen and oxygen atoms in total. The Kier molecular flexibility index (Phi) is 9.22. The van der Waals surface area contributed by atoms with Crippen molar-refractivity contribution < 1.29 is 8.42 Å². The van der Waals surface area contributed by atoms with E-state index in [0.29, 0.717) is 25.4 Å². The van der Waals surface area contributed by atoms with E-state index in [9.17, 15) is 8.42 Å². The van der Waals surface area contributed by atoms with Gasteiger partial charge in [-0.25, -0.2) is 12.7 Å². The molecular weight excluding hydrogens is 260 g/mol. The van der Waals surface area contributed by atoms with Crippen molar-refractivity contribution in [3.05, 3.63) is 0 Å². The Balaban J connectivity index is 4.33. The molecule has 0 rings (SSSR count). The van der Waals surface area contributed by atoms with Crippen LogP contribution in [0.4, 0.5) is 0 Å². The van der Waals surface area contributed by atoms with Crippen LogP contribution in [0.25, 0.3) is 0 Å². The van der Waals surface area contributed by atoms with Gasteiger partial charge in [0, 0.05) is 25.5 Å². The third-order valence-corrected chi connectivity index (χ3v) is 4.67. The number of sulfonamides is 1. The summed E-state index contributed by atoms with van der Waals surface area (Å²) in [7, 11) is 0.793. The smallest absolute Gasteiger partial charge is 0.214 e. The summed E-state index contributed by atoms with van der Waals surface area (Å²) >= 11 is 5.56. The van der Waals surface area contributed by atoms with Crippen molar-refractivity contribution in [1.82, 2.24) is 9.21 Å². The summed E-state index contributed by atoms with van der Waals surface area (Å²) in [5, 5.41) is 0. The summed E-state index contributed by atoms with van der Waals surface area (Å²) in [4.78, 5) is 2.00. The quantitative estimate of drug-likeness (QED) is 0.452.